The van der Waals surface area contributed by atoms with Crippen molar-refractivity contribution in [3.63, 3.8) is 0 Å². The average molecular weight is 277 g/mol. The Morgan fingerprint density at radius 1 is 1.60 bits per heavy atom. The second-order valence-corrected chi connectivity index (χ2v) is 3.49. The molecule has 0 unspecified atom stereocenters. The SMILES string of the molecule is O=C(NCCCBr)c1ccc([N+](=O)[O-])o1. The maximum atomic E-state index is 11.3. The minimum atomic E-state index is -0.685. The van der Waals surface area contributed by atoms with Crippen molar-refractivity contribution in [2.75, 3.05) is 11.9 Å². The minimum absolute atomic E-state index is 0.0451. The molecule has 0 aromatic carbocycles. The summed E-state index contributed by atoms with van der Waals surface area (Å²) < 4.78 is 4.71. The molecule has 7 heteroatoms. The van der Waals surface area contributed by atoms with Crippen LogP contribution in [0.3, 0.4) is 0 Å². The third kappa shape index (κ3) is 3.35. The number of nitrogens with zero attached hydrogens (tertiary/aromatic N) is 1. The molecule has 1 rings (SSSR count). The van der Waals surface area contributed by atoms with Crippen LogP contribution in [0.5, 0.6) is 0 Å². The molecule has 6 nitrogen and oxygen atoms in total. The standard InChI is InChI=1S/C8H9BrN2O4/c9-4-1-5-10-8(12)6-2-3-7(15-6)11(13)14/h2-3H,1,4-5H2,(H,10,12). The summed E-state index contributed by atoms with van der Waals surface area (Å²) in [6, 6.07) is 2.43. The fourth-order valence-electron chi connectivity index (χ4n) is 0.904. The first-order valence-corrected chi connectivity index (χ1v) is 5.35. The van der Waals surface area contributed by atoms with Crippen LogP contribution in [0, 0.1) is 10.1 Å². The van der Waals surface area contributed by atoms with Crippen LogP contribution >= 0.6 is 15.9 Å². The van der Waals surface area contributed by atoms with Gasteiger partial charge in [0.05, 0.1) is 6.07 Å². The first-order chi connectivity index (χ1) is 7.15. The van der Waals surface area contributed by atoms with E-state index in [1.54, 1.807) is 0 Å². The first kappa shape index (κ1) is 11.7. The number of rotatable bonds is 5. The fourth-order valence-corrected chi connectivity index (χ4v) is 1.18. The van der Waals surface area contributed by atoms with E-state index in [0.29, 0.717) is 6.54 Å². The van der Waals surface area contributed by atoms with Crippen molar-refractivity contribution >= 4 is 27.7 Å². The average Bonchev–Trinajstić information content (AvgIpc) is 2.66. The third-order valence-corrected chi connectivity index (χ3v) is 2.15. The lowest BCUT2D eigenvalue weighted by Gasteiger charge is -1.99. The molecule has 1 amide bonds. The molecule has 0 aliphatic rings. The molecule has 0 saturated carbocycles. The van der Waals surface area contributed by atoms with Crippen LogP contribution in [0.2, 0.25) is 0 Å². The largest absolute Gasteiger partial charge is 0.433 e. The molecule has 82 valence electrons. The number of furan rings is 1. The number of amides is 1. The predicted molar refractivity (Wildman–Crippen MR) is 56.1 cm³/mol. The van der Waals surface area contributed by atoms with Crippen molar-refractivity contribution in [3.8, 4) is 0 Å². The van der Waals surface area contributed by atoms with Crippen molar-refractivity contribution in [3.05, 3.63) is 28.0 Å². The zero-order valence-electron chi connectivity index (χ0n) is 7.73. The summed E-state index contributed by atoms with van der Waals surface area (Å²) in [6.07, 6.45) is 0.786. The molecule has 1 N–H and O–H groups in total. The number of halogens is 1. The molecule has 1 heterocycles. The number of alkyl halides is 1. The maximum absolute atomic E-state index is 11.3. The van der Waals surface area contributed by atoms with Gasteiger partial charge in [0.1, 0.15) is 4.92 Å². The van der Waals surface area contributed by atoms with Crippen molar-refractivity contribution < 1.29 is 14.1 Å². The molecule has 1 aromatic rings. The van der Waals surface area contributed by atoms with Crippen molar-refractivity contribution in [2.24, 2.45) is 0 Å². The van der Waals surface area contributed by atoms with Gasteiger partial charge in [-0.25, -0.2) is 0 Å². The molecular weight excluding hydrogens is 268 g/mol. The summed E-state index contributed by atoms with van der Waals surface area (Å²) in [5.74, 6) is -0.916. The number of nitro groups is 1. The Morgan fingerprint density at radius 3 is 2.87 bits per heavy atom. The Balaban J connectivity index is 2.54. The zero-order chi connectivity index (χ0) is 11.3. The zero-order valence-corrected chi connectivity index (χ0v) is 9.32. The van der Waals surface area contributed by atoms with E-state index in [-0.39, 0.29) is 5.76 Å². The minimum Gasteiger partial charge on any atom is -0.395 e. The van der Waals surface area contributed by atoms with Gasteiger partial charge in [-0.05, 0) is 12.5 Å². The lowest BCUT2D eigenvalue weighted by Crippen LogP contribution is -2.24. The molecule has 15 heavy (non-hydrogen) atoms. The van der Waals surface area contributed by atoms with Gasteiger partial charge in [0.2, 0.25) is 0 Å². The maximum Gasteiger partial charge on any atom is 0.433 e. The monoisotopic (exact) mass is 276 g/mol. The summed E-state index contributed by atoms with van der Waals surface area (Å²) in [5.41, 5.74) is 0. The Kier molecular flexibility index (Phi) is 4.29. The third-order valence-electron chi connectivity index (χ3n) is 1.59. The van der Waals surface area contributed by atoms with Gasteiger partial charge in [0, 0.05) is 11.9 Å². The van der Waals surface area contributed by atoms with E-state index < -0.39 is 16.7 Å². The van der Waals surface area contributed by atoms with Crippen LogP contribution in [0.15, 0.2) is 16.5 Å². The Labute approximate surface area is 93.9 Å². The van der Waals surface area contributed by atoms with Crippen LogP contribution in [0.25, 0.3) is 0 Å². The van der Waals surface area contributed by atoms with Crippen molar-refractivity contribution in [2.45, 2.75) is 6.42 Å². The summed E-state index contributed by atoms with van der Waals surface area (Å²) in [7, 11) is 0. The Bertz CT molecular complexity index is 363. The summed E-state index contributed by atoms with van der Waals surface area (Å²) >= 11 is 3.21. The van der Waals surface area contributed by atoms with E-state index in [4.69, 9.17) is 4.42 Å². The highest BCUT2D eigenvalue weighted by Gasteiger charge is 2.16. The molecule has 0 saturated heterocycles. The topological polar surface area (TPSA) is 85.4 Å². The Morgan fingerprint density at radius 2 is 2.33 bits per heavy atom. The molecule has 0 aliphatic heterocycles. The van der Waals surface area contributed by atoms with E-state index in [0.717, 1.165) is 17.8 Å². The molecule has 0 bridgehead atoms. The van der Waals surface area contributed by atoms with Crippen LogP contribution in [0.4, 0.5) is 5.88 Å². The quantitative estimate of drug-likeness (QED) is 0.384. The molecular formula is C8H9BrN2O4. The highest BCUT2D eigenvalue weighted by atomic mass is 79.9. The molecule has 0 radical (unpaired) electrons. The lowest BCUT2D eigenvalue weighted by atomic mass is 10.4. The number of carbonyl (C=O) groups is 1. The molecule has 0 aliphatic carbocycles. The number of hydrogen-bond donors (Lipinski definition) is 1. The van der Waals surface area contributed by atoms with Gasteiger partial charge >= 0.3 is 5.88 Å². The number of carbonyl (C=O) groups excluding carboxylic acids is 1. The summed E-state index contributed by atoms with van der Waals surface area (Å²) in [6.45, 7) is 0.499. The van der Waals surface area contributed by atoms with Crippen LogP contribution in [-0.4, -0.2) is 22.7 Å². The highest BCUT2D eigenvalue weighted by molar-refractivity contribution is 9.09. The van der Waals surface area contributed by atoms with Crippen LogP contribution in [0.1, 0.15) is 17.0 Å². The second-order valence-electron chi connectivity index (χ2n) is 2.69. The lowest BCUT2D eigenvalue weighted by molar-refractivity contribution is -0.402. The number of nitrogens with one attached hydrogen (secondary N) is 1. The Hall–Kier alpha value is -1.37. The molecule has 0 fully saturated rings. The van der Waals surface area contributed by atoms with Gasteiger partial charge in [-0.2, -0.15) is 0 Å². The van der Waals surface area contributed by atoms with E-state index in [1.165, 1.54) is 6.07 Å². The van der Waals surface area contributed by atoms with Gasteiger partial charge in [0.25, 0.3) is 5.91 Å². The van der Waals surface area contributed by atoms with Gasteiger partial charge in [0.15, 0.2) is 5.76 Å². The van der Waals surface area contributed by atoms with Gasteiger partial charge in [-0.15, -0.1) is 0 Å². The molecule has 0 spiro atoms. The molecule has 1 aromatic heterocycles. The van der Waals surface area contributed by atoms with E-state index in [2.05, 4.69) is 21.2 Å². The predicted octanol–water partition coefficient (Wildman–Crippen LogP) is 1.70. The highest BCUT2D eigenvalue weighted by Crippen LogP contribution is 2.15. The van der Waals surface area contributed by atoms with Gasteiger partial charge in [-0.3, -0.25) is 14.9 Å². The van der Waals surface area contributed by atoms with E-state index in [1.807, 2.05) is 0 Å². The summed E-state index contributed by atoms with van der Waals surface area (Å²) in [4.78, 5) is 20.9. The number of hydrogen-bond acceptors (Lipinski definition) is 4. The second kappa shape index (κ2) is 5.50. The fraction of sp³-hybridized carbons (Fsp3) is 0.375. The normalized spacial score (nSPS) is 9.93. The summed E-state index contributed by atoms with van der Waals surface area (Å²) in [5, 5.41) is 13.6. The van der Waals surface area contributed by atoms with Gasteiger partial charge < -0.3 is 9.73 Å². The van der Waals surface area contributed by atoms with Crippen LogP contribution in [-0.2, 0) is 0 Å². The van der Waals surface area contributed by atoms with E-state index in [9.17, 15) is 14.9 Å². The van der Waals surface area contributed by atoms with Crippen LogP contribution < -0.4 is 5.32 Å². The first-order valence-electron chi connectivity index (χ1n) is 4.23. The smallest absolute Gasteiger partial charge is 0.395 e. The van der Waals surface area contributed by atoms with Crippen molar-refractivity contribution in [1.29, 1.82) is 0 Å². The van der Waals surface area contributed by atoms with E-state index >= 15 is 0 Å². The van der Waals surface area contributed by atoms with Crippen molar-refractivity contribution in [1.82, 2.24) is 5.32 Å². The molecule has 0 atom stereocenters. The van der Waals surface area contributed by atoms with Gasteiger partial charge in [-0.1, -0.05) is 15.9 Å².